The Bertz CT molecular complexity index is 991. The number of hydrogen-bond acceptors (Lipinski definition) is 2. The molecule has 8 heteroatoms. The maximum absolute atomic E-state index is 13.6. The van der Waals surface area contributed by atoms with Crippen molar-refractivity contribution in [1.82, 2.24) is 4.90 Å². The Labute approximate surface area is 203 Å². The molecular weight excluding hydrogens is 466 g/mol. The number of hydrogen-bond donors (Lipinski definition) is 0. The Hall–Kier alpha value is -2.53. The lowest BCUT2D eigenvalue weighted by molar-refractivity contribution is -0.162. The minimum atomic E-state index is -5.19. The van der Waals surface area contributed by atoms with E-state index < -0.39 is 34.8 Å². The fourth-order valence-corrected chi connectivity index (χ4v) is 4.58. The van der Waals surface area contributed by atoms with Gasteiger partial charge in [-0.25, -0.2) is 0 Å². The van der Waals surface area contributed by atoms with Gasteiger partial charge in [0.2, 0.25) is 0 Å². The molecule has 0 aliphatic heterocycles. The topological polar surface area (TPSA) is 27.0 Å². The fraction of sp³-hybridized carbons (Fsp3) is 0.519. The zero-order chi connectivity index (χ0) is 26.4. The molecule has 0 fully saturated rings. The lowest BCUT2D eigenvalue weighted by atomic mass is 9.68. The predicted molar refractivity (Wildman–Crippen MR) is 125 cm³/mol. The number of alkyl halides is 6. The number of nitriles is 1. The molecule has 0 aliphatic carbocycles. The quantitative estimate of drug-likeness (QED) is 0.312. The molecule has 2 aromatic carbocycles. The highest BCUT2D eigenvalue weighted by atomic mass is 19.4. The first kappa shape index (κ1) is 28.7. The summed E-state index contributed by atoms with van der Waals surface area (Å²) in [6.45, 7) is 6.21. The van der Waals surface area contributed by atoms with Gasteiger partial charge < -0.3 is 4.90 Å². The summed E-state index contributed by atoms with van der Waals surface area (Å²) < 4.78 is 80.5. The molecule has 35 heavy (non-hydrogen) atoms. The van der Waals surface area contributed by atoms with Crippen LogP contribution in [0.15, 0.2) is 48.5 Å². The molecule has 0 aliphatic rings. The van der Waals surface area contributed by atoms with E-state index in [0.29, 0.717) is 18.6 Å². The normalized spacial score (nSPS) is 15.2. The Morgan fingerprint density at radius 2 is 1.51 bits per heavy atom. The van der Waals surface area contributed by atoms with E-state index in [1.165, 1.54) is 5.56 Å². The largest absolute Gasteiger partial charge is 0.417 e. The third kappa shape index (κ3) is 7.00. The smallest absolute Gasteiger partial charge is 0.303 e. The van der Waals surface area contributed by atoms with Crippen molar-refractivity contribution in [2.75, 3.05) is 13.6 Å². The number of halogens is 6. The van der Waals surface area contributed by atoms with Crippen molar-refractivity contribution in [3.05, 3.63) is 70.8 Å². The summed E-state index contributed by atoms with van der Waals surface area (Å²) in [5.41, 5.74) is -3.69. The molecule has 192 valence electrons. The van der Waals surface area contributed by atoms with Crippen LogP contribution in [0.2, 0.25) is 0 Å². The Morgan fingerprint density at radius 3 is 2.00 bits per heavy atom. The lowest BCUT2D eigenvalue weighted by Gasteiger charge is -2.35. The molecule has 0 radical (unpaired) electrons. The van der Waals surface area contributed by atoms with Gasteiger partial charge in [-0.15, -0.1) is 0 Å². The summed E-state index contributed by atoms with van der Waals surface area (Å²) >= 11 is 0. The van der Waals surface area contributed by atoms with Gasteiger partial charge >= 0.3 is 12.4 Å². The second kappa shape index (κ2) is 11.5. The van der Waals surface area contributed by atoms with Gasteiger partial charge in [0, 0.05) is 12.6 Å². The first-order chi connectivity index (χ1) is 16.3. The molecule has 0 N–H and O–H groups in total. The standard InChI is InChI=1S/C27H32F6N2/c1-5-22(35(4)16-14-20-9-7-6-8-10-20)13-15-25(18-34,19(2)3)21-11-12-23(26(28,29)30)24(17-21)27(31,32)33/h6-12,17,19,22H,5,13-16H2,1-4H3. The Kier molecular flexibility index (Phi) is 9.41. The fourth-order valence-electron chi connectivity index (χ4n) is 4.58. The molecule has 0 saturated heterocycles. The molecule has 2 atom stereocenters. The summed E-state index contributed by atoms with van der Waals surface area (Å²) in [5.74, 6) is -0.405. The highest BCUT2D eigenvalue weighted by molar-refractivity contribution is 5.42. The summed E-state index contributed by atoms with van der Waals surface area (Å²) in [6, 6.07) is 14.2. The molecule has 2 unspecified atom stereocenters. The van der Waals surface area contributed by atoms with Gasteiger partial charge in [-0.1, -0.05) is 57.2 Å². The van der Waals surface area contributed by atoms with Crippen molar-refractivity contribution in [1.29, 1.82) is 5.26 Å². The van der Waals surface area contributed by atoms with Crippen molar-refractivity contribution in [3.8, 4) is 6.07 Å². The Balaban J connectivity index is 2.33. The van der Waals surface area contributed by atoms with E-state index >= 15 is 0 Å². The van der Waals surface area contributed by atoms with E-state index in [9.17, 15) is 31.6 Å². The van der Waals surface area contributed by atoms with Crippen LogP contribution >= 0.6 is 0 Å². The zero-order valence-corrected chi connectivity index (χ0v) is 20.5. The maximum Gasteiger partial charge on any atom is 0.417 e. The summed E-state index contributed by atoms with van der Waals surface area (Å²) in [4.78, 5) is 2.17. The lowest BCUT2D eigenvalue weighted by Crippen LogP contribution is -2.37. The molecule has 0 aromatic heterocycles. The van der Waals surface area contributed by atoms with Gasteiger partial charge in [0.25, 0.3) is 0 Å². The number of rotatable bonds is 10. The van der Waals surface area contributed by atoms with Crippen LogP contribution < -0.4 is 0 Å². The third-order valence-electron chi connectivity index (χ3n) is 6.89. The van der Waals surface area contributed by atoms with Crippen molar-refractivity contribution >= 4 is 0 Å². The van der Waals surface area contributed by atoms with Gasteiger partial charge in [0.15, 0.2) is 0 Å². The van der Waals surface area contributed by atoms with E-state index in [0.717, 1.165) is 25.5 Å². The van der Waals surface area contributed by atoms with Gasteiger partial charge in [0.05, 0.1) is 22.6 Å². The van der Waals surface area contributed by atoms with Crippen molar-refractivity contribution in [2.45, 2.75) is 70.3 Å². The van der Waals surface area contributed by atoms with Gasteiger partial charge in [-0.3, -0.25) is 0 Å². The summed E-state index contributed by atoms with van der Waals surface area (Å²) in [7, 11) is 1.97. The second-order valence-electron chi connectivity index (χ2n) is 9.31. The number of nitrogens with zero attached hydrogens (tertiary/aromatic N) is 2. The van der Waals surface area contributed by atoms with Crippen LogP contribution in [-0.4, -0.2) is 24.5 Å². The molecule has 0 heterocycles. The van der Waals surface area contributed by atoms with Crippen molar-refractivity contribution in [2.24, 2.45) is 5.92 Å². The molecule has 0 amide bonds. The summed E-state index contributed by atoms with van der Waals surface area (Å²) in [6.07, 6.45) is -7.98. The molecule has 2 aromatic rings. The highest BCUT2D eigenvalue weighted by Crippen LogP contribution is 2.44. The van der Waals surface area contributed by atoms with Crippen LogP contribution in [0.5, 0.6) is 0 Å². The minimum Gasteiger partial charge on any atom is -0.303 e. The number of benzene rings is 2. The van der Waals surface area contributed by atoms with Gasteiger partial charge in [0.1, 0.15) is 0 Å². The van der Waals surface area contributed by atoms with Gasteiger partial charge in [-0.05, 0) is 61.9 Å². The molecule has 0 saturated carbocycles. The first-order valence-electron chi connectivity index (χ1n) is 11.7. The third-order valence-corrected chi connectivity index (χ3v) is 6.89. The second-order valence-corrected chi connectivity index (χ2v) is 9.31. The van der Waals surface area contributed by atoms with E-state index in [1.807, 2.05) is 44.3 Å². The Morgan fingerprint density at radius 1 is 0.914 bits per heavy atom. The van der Waals surface area contributed by atoms with E-state index in [-0.39, 0.29) is 18.0 Å². The van der Waals surface area contributed by atoms with Gasteiger partial charge in [-0.2, -0.15) is 31.6 Å². The monoisotopic (exact) mass is 498 g/mol. The van der Waals surface area contributed by atoms with Crippen molar-refractivity contribution in [3.63, 3.8) is 0 Å². The maximum atomic E-state index is 13.6. The van der Waals surface area contributed by atoms with Crippen LogP contribution in [0.25, 0.3) is 0 Å². The van der Waals surface area contributed by atoms with Crippen LogP contribution in [-0.2, 0) is 24.2 Å². The molecular formula is C27H32F6N2. The first-order valence-corrected chi connectivity index (χ1v) is 11.7. The van der Waals surface area contributed by atoms with Crippen LogP contribution in [0.3, 0.4) is 0 Å². The van der Waals surface area contributed by atoms with E-state index in [1.54, 1.807) is 13.8 Å². The highest BCUT2D eigenvalue weighted by Gasteiger charge is 2.45. The van der Waals surface area contributed by atoms with E-state index in [2.05, 4.69) is 11.0 Å². The van der Waals surface area contributed by atoms with Crippen LogP contribution in [0.1, 0.15) is 62.3 Å². The minimum absolute atomic E-state index is 0.0304. The zero-order valence-electron chi connectivity index (χ0n) is 20.5. The number of likely N-dealkylation sites (N-methyl/N-ethyl adjacent to an activating group) is 1. The summed E-state index contributed by atoms with van der Waals surface area (Å²) in [5, 5.41) is 10.1. The molecule has 0 bridgehead atoms. The average Bonchev–Trinajstić information content (AvgIpc) is 2.79. The van der Waals surface area contributed by atoms with Crippen LogP contribution in [0.4, 0.5) is 26.3 Å². The molecule has 0 spiro atoms. The van der Waals surface area contributed by atoms with E-state index in [4.69, 9.17) is 0 Å². The average molecular weight is 499 g/mol. The molecule has 2 nitrogen and oxygen atoms in total. The SMILES string of the molecule is CCC(CCC(C#N)(c1ccc(C(F)(F)F)c(C(F)(F)F)c1)C(C)C)N(C)CCc1ccccc1. The van der Waals surface area contributed by atoms with Crippen molar-refractivity contribution < 1.29 is 26.3 Å². The molecule has 2 rings (SSSR count). The van der Waals surface area contributed by atoms with Crippen LogP contribution in [0, 0.1) is 17.2 Å². The predicted octanol–water partition coefficient (Wildman–Crippen LogP) is 7.87.